The smallest absolute Gasteiger partial charge is 0.144 e. The molecule has 0 saturated heterocycles. The molecule has 0 fully saturated rings. The first-order valence-electron chi connectivity index (χ1n) is 5.43. The van der Waals surface area contributed by atoms with E-state index in [0.717, 1.165) is 22.0 Å². The number of nitrogens with two attached hydrogens (primary N) is 1. The molecule has 0 bridgehead atoms. The number of anilines is 1. The van der Waals surface area contributed by atoms with Crippen molar-refractivity contribution in [1.82, 2.24) is 15.0 Å². The van der Waals surface area contributed by atoms with Crippen molar-refractivity contribution in [3.8, 4) is 22.0 Å². The molecule has 0 amide bonds. The van der Waals surface area contributed by atoms with Crippen LogP contribution in [-0.2, 0) is 0 Å². The van der Waals surface area contributed by atoms with Gasteiger partial charge in [0.2, 0.25) is 0 Å². The molecule has 0 radical (unpaired) electrons. The van der Waals surface area contributed by atoms with E-state index in [1.54, 1.807) is 18.6 Å². The van der Waals surface area contributed by atoms with Gasteiger partial charge in [0.05, 0.1) is 5.69 Å². The predicted molar refractivity (Wildman–Crippen MR) is 73.0 cm³/mol. The predicted octanol–water partition coefficient (Wildman–Crippen LogP) is 2.85. The lowest BCUT2D eigenvalue weighted by Crippen LogP contribution is -1.86. The van der Waals surface area contributed by atoms with Gasteiger partial charge in [-0.15, -0.1) is 0 Å². The van der Waals surface area contributed by atoms with E-state index in [1.165, 1.54) is 11.3 Å². The van der Waals surface area contributed by atoms with Crippen LogP contribution in [0.2, 0.25) is 0 Å². The van der Waals surface area contributed by atoms with Crippen LogP contribution < -0.4 is 5.73 Å². The number of hydrogen-bond donors (Lipinski definition) is 1. The lowest BCUT2D eigenvalue weighted by atomic mass is 10.2. The Hall–Kier alpha value is -2.27. The molecule has 0 aromatic carbocycles. The van der Waals surface area contributed by atoms with Crippen LogP contribution in [0.1, 0.15) is 0 Å². The van der Waals surface area contributed by atoms with Gasteiger partial charge < -0.3 is 5.73 Å². The highest BCUT2D eigenvalue weighted by Crippen LogP contribution is 2.34. The lowest BCUT2D eigenvalue weighted by Gasteiger charge is -1.96. The highest BCUT2D eigenvalue weighted by atomic mass is 32.1. The summed E-state index contributed by atoms with van der Waals surface area (Å²) in [7, 11) is 0. The maximum Gasteiger partial charge on any atom is 0.144 e. The second-order valence-corrected chi connectivity index (χ2v) is 4.72. The molecule has 0 unspecified atom stereocenters. The Kier molecular flexibility index (Phi) is 2.74. The fourth-order valence-corrected chi connectivity index (χ4v) is 2.47. The van der Waals surface area contributed by atoms with E-state index in [-0.39, 0.29) is 0 Å². The van der Waals surface area contributed by atoms with Gasteiger partial charge in [0.1, 0.15) is 15.7 Å². The fraction of sp³-hybridized carbons (Fsp3) is 0. The molecule has 2 N–H and O–H groups in total. The molecule has 0 saturated carbocycles. The average Bonchev–Trinajstić information content (AvgIpc) is 2.83. The van der Waals surface area contributed by atoms with Crippen LogP contribution in [-0.4, -0.2) is 15.0 Å². The number of nitrogen functional groups attached to an aromatic ring is 1. The Labute approximate surface area is 108 Å². The minimum Gasteiger partial charge on any atom is -0.389 e. The van der Waals surface area contributed by atoms with Crippen molar-refractivity contribution in [2.75, 3.05) is 5.73 Å². The Bertz CT molecular complexity index is 649. The SMILES string of the molecule is Nc1sc(-c2ccccn2)nc1-c1cccnc1. The summed E-state index contributed by atoms with van der Waals surface area (Å²) in [4.78, 5) is 12.9. The van der Waals surface area contributed by atoms with Crippen LogP contribution in [0.4, 0.5) is 5.00 Å². The summed E-state index contributed by atoms with van der Waals surface area (Å²) in [5.74, 6) is 0. The summed E-state index contributed by atoms with van der Waals surface area (Å²) < 4.78 is 0. The van der Waals surface area contributed by atoms with E-state index in [4.69, 9.17) is 5.73 Å². The molecular weight excluding hydrogens is 244 g/mol. The quantitative estimate of drug-likeness (QED) is 0.763. The van der Waals surface area contributed by atoms with E-state index in [2.05, 4.69) is 15.0 Å². The molecule has 0 aliphatic heterocycles. The summed E-state index contributed by atoms with van der Waals surface area (Å²) in [6.45, 7) is 0. The largest absolute Gasteiger partial charge is 0.389 e. The molecule has 4 nitrogen and oxygen atoms in total. The lowest BCUT2D eigenvalue weighted by molar-refractivity contribution is 1.28. The van der Waals surface area contributed by atoms with Gasteiger partial charge in [-0.05, 0) is 24.3 Å². The molecular formula is C13H10N4S. The molecule has 0 atom stereocenters. The Morgan fingerprint density at radius 3 is 2.72 bits per heavy atom. The molecule has 18 heavy (non-hydrogen) atoms. The van der Waals surface area contributed by atoms with Gasteiger partial charge in [-0.25, -0.2) is 4.98 Å². The first-order valence-corrected chi connectivity index (χ1v) is 6.24. The number of rotatable bonds is 2. The molecule has 0 aliphatic carbocycles. The number of aromatic nitrogens is 3. The molecule has 3 aromatic rings. The normalized spacial score (nSPS) is 10.4. The zero-order chi connectivity index (χ0) is 12.4. The Morgan fingerprint density at radius 2 is 2.00 bits per heavy atom. The van der Waals surface area contributed by atoms with Crippen molar-refractivity contribution in [2.45, 2.75) is 0 Å². The van der Waals surface area contributed by atoms with Crippen molar-refractivity contribution in [3.05, 3.63) is 48.9 Å². The van der Waals surface area contributed by atoms with Gasteiger partial charge in [-0.1, -0.05) is 17.4 Å². The highest BCUT2D eigenvalue weighted by Gasteiger charge is 2.12. The molecule has 5 heteroatoms. The van der Waals surface area contributed by atoms with Crippen LogP contribution in [0.3, 0.4) is 0 Å². The van der Waals surface area contributed by atoms with Gasteiger partial charge in [0.25, 0.3) is 0 Å². The highest BCUT2D eigenvalue weighted by molar-refractivity contribution is 7.19. The maximum atomic E-state index is 6.01. The monoisotopic (exact) mass is 254 g/mol. The summed E-state index contributed by atoms with van der Waals surface area (Å²) in [5, 5.41) is 1.51. The maximum absolute atomic E-state index is 6.01. The van der Waals surface area contributed by atoms with E-state index >= 15 is 0 Å². The van der Waals surface area contributed by atoms with Crippen molar-refractivity contribution in [1.29, 1.82) is 0 Å². The summed E-state index contributed by atoms with van der Waals surface area (Å²) >= 11 is 1.44. The molecule has 3 rings (SSSR count). The van der Waals surface area contributed by atoms with Crippen molar-refractivity contribution in [2.24, 2.45) is 0 Å². The first kappa shape index (κ1) is 10.9. The first-order chi connectivity index (χ1) is 8.84. The van der Waals surface area contributed by atoms with E-state index in [1.807, 2.05) is 30.3 Å². The minimum atomic E-state index is 0.684. The van der Waals surface area contributed by atoms with Gasteiger partial charge in [0.15, 0.2) is 0 Å². The minimum absolute atomic E-state index is 0.684. The zero-order valence-corrected chi connectivity index (χ0v) is 10.3. The summed E-state index contributed by atoms with van der Waals surface area (Å²) in [5.41, 5.74) is 8.55. The molecule has 0 spiro atoms. The van der Waals surface area contributed by atoms with Crippen LogP contribution in [0.25, 0.3) is 22.0 Å². The van der Waals surface area contributed by atoms with Gasteiger partial charge in [-0.2, -0.15) is 0 Å². The average molecular weight is 254 g/mol. The van der Waals surface area contributed by atoms with Crippen LogP contribution in [0.15, 0.2) is 48.9 Å². The van der Waals surface area contributed by atoms with Crippen molar-refractivity contribution >= 4 is 16.3 Å². The Balaban J connectivity index is 2.07. The van der Waals surface area contributed by atoms with Crippen molar-refractivity contribution < 1.29 is 0 Å². The van der Waals surface area contributed by atoms with E-state index < -0.39 is 0 Å². The Morgan fingerprint density at radius 1 is 1.06 bits per heavy atom. The van der Waals surface area contributed by atoms with Crippen LogP contribution in [0, 0.1) is 0 Å². The van der Waals surface area contributed by atoms with E-state index in [9.17, 15) is 0 Å². The zero-order valence-electron chi connectivity index (χ0n) is 9.45. The van der Waals surface area contributed by atoms with Gasteiger partial charge in [-0.3, -0.25) is 9.97 Å². The standard InChI is InChI=1S/C13H10N4S/c14-12-11(9-4-3-6-15-8-9)17-13(18-12)10-5-1-2-7-16-10/h1-8H,14H2. The summed E-state index contributed by atoms with van der Waals surface area (Å²) in [6, 6.07) is 9.55. The number of hydrogen-bond acceptors (Lipinski definition) is 5. The number of thiazole rings is 1. The van der Waals surface area contributed by atoms with Crippen molar-refractivity contribution in [3.63, 3.8) is 0 Å². The second-order valence-electron chi connectivity index (χ2n) is 3.69. The van der Waals surface area contributed by atoms with Gasteiger partial charge in [0, 0.05) is 24.2 Å². The van der Waals surface area contributed by atoms with Crippen LogP contribution >= 0.6 is 11.3 Å². The molecule has 88 valence electrons. The number of pyridine rings is 2. The third-order valence-corrected chi connectivity index (χ3v) is 3.38. The molecule has 3 aromatic heterocycles. The third-order valence-electron chi connectivity index (χ3n) is 2.47. The molecule has 0 aliphatic rings. The molecule has 3 heterocycles. The summed E-state index contributed by atoms with van der Waals surface area (Å²) in [6.07, 6.45) is 5.23. The topological polar surface area (TPSA) is 64.7 Å². The van der Waals surface area contributed by atoms with Gasteiger partial charge >= 0.3 is 0 Å². The van der Waals surface area contributed by atoms with Crippen LogP contribution in [0.5, 0.6) is 0 Å². The second kappa shape index (κ2) is 4.54. The number of nitrogens with zero attached hydrogens (tertiary/aromatic N) is 3. The van der Waals surface area contributed by atoms with E-state index in [0.29, 0.717) is 5.00 Å². The third kappa shape index (κ3) is 1.96. The fourth-order valence-electron chi connectivity index (χ4n) is 1.64.